The number of aromatic nitrogens is 2. The Balaban J connectivity index is 2.34. The molecule has 1 heterocycles. The van der Waals surface area contributed by atoms with Crippen LogP contribution in [0.5, 0.6) is 0 Å². The zero-order chi connectivity index (χ0) is 8.60. The fraction of sp³-hybridized carbons (Fsp3) is 0.556. The first-order valence-electron chi connectivity index (χ1n) is 4.25. The number of hydrogen-bond donors (Lipinski definition) is 0. The van der Waals surface area contributed by atoms with Gasteiger partial charge in [0, 0.05) is 5.41 Å². The molecule has 0 atom stereocenters. The Bertz CT molecular complexity index is 294. The first-order valence-corrected chi connectivity index (χ1v) is 4.63. The molecule has 0 unspecified atom stereocenters. The lowest BCUT2D eigenvalue weighted by Gasteiger charge is -2.10. The third-order valence-electron chi connectivity index (χ3n) is 2.71. The van der Waals surface area contributed by atoms with Crippen molar-refractivity contribution in [1.82, 2.24) is 9.97 Å². The predicted octanol–water partition coefficient (Wildman–Crippen LogP) is 2.57. The van der Waals surface area contributed by atoms with E-state index in [0.717, 1.165) is 12.1 Å². The van der Waals surface area contributed by atoms with Crippen molar-refractivity contribution >= 4 is 11.6 Å². The molecule has 12 heavy (non-hydrogen) atoms. The minimum absolute atomic E-state index is 0.340. The molecule has 2 rings (SSSR count). The molecule has 1 aliphatic carbocycles. The number of hydrogen-bond acceptors (Lipinski definition) is 2. The summed E-state index contributed by atoms with van der Waals surface area (Å²) >= 11 is 5.78. The maximum absolute atomic E-state index is 5.78. The molecule has 0 spiro atoms. The molecule has 0 N–H and O–H groups in total. The molecule has 1 aromatic heterocycles. The molecule has 1 fully saturated rings. The van der Waals surface area contributed by atoms with Crippen LogP contribution in [0.1, 0.15) is 31.9 Å². The Hall–Kier alpha value is -0.630. The lowest BCUT2D eigenvalue weighted by molar-refractivity contribution is 0.638. The first kappa shape index (κ1) is 7.99. The smallest absolute Gasteiger partial charge is 0.132 e. The molecule has 1 saturated carbocycles. The van der Waals surface area contributed by atoms with Gasteiger partial charge in [-0.1, -0.05) is 18.5 Å². The molecule has 0 bridgehead atoms. The second-order valence-corrected chi connectivity index (χ2v) is 3.75. The Labute approximate surface area is 77.0 Å². The molecule has 0 radical (unpaired) electrons. The van der Waals surface area contributed by atoms with Crippen molar-refractivity contribution in [3.05, 3.63) is 23.2 Å². The lowest BCUT2D eigenvalue weighted by Crippen LogP contribution is -2.07. The van der Waals surface area contributed by atoms with Gasteiger partial charge in [-0.15, -0.1) is 0 Å². The van der Waals surface area contributed by atoms with Crippen molar-refractivity contribution in [2.45, 2.75) is 31.6 Å². The van der Waals surface area contributed by atoms with Crippen LogP contribution in [-0.4, -0.2) is 9.97 Å². The molecule has 0 saturated heterocycles. The summed E-state index contributed by atoms with van der Waals surface area (Å²) in [7, 11) is 0. The molecule has 0 amide bonds. The van der Waals surface area contributed by atoms with Crippen LogP contribution < -0.4 is 0 Å². The van der Waals surface area contributed by atoms with Gasteiger partial charge in [-0.05, 0) is 25.3 Å². The second-order valence-electron chi connectivity index (χ2n) is 3.36. The van der Waals surface area contributed by atoms with E-state index in [1.807, 2.05) is 6.07 Å². The third-order valence-corrected chi connectivity index (χ3v) is 2.91. The fourth-order valence-electron chi connectivity index (χ4n) is 1.57. The van der Waals surface area contributed by atoms with Gasteiger partial charge in [-0.2, -0.15) is 0 Å². The van der Waals surface area contributed by atoms with Gasteiger partial charge >= 0.3 is 0 Å². The van der Waals surface area contributed by atoms with Crippen LogP contribution in [0.2, 0.25) is 5.15 Å². The van der Waals surface area contributed by atoms with Crippen molar-refractivity contribution < 1.29 is 0 Å². The highest BCUT2D eigenvalue weighted by atomic mass is 35.5. The fourth-order valence-corrected chi connectivity index (χ4v) is 1.71. The van der Waals surface area contributed by atoms with E-state index in [0.29, 0.717) is 10.6 Å². The molecule has 0 aliphatic heterocycles. The van der Waals surface area contributed by atoms with Crippen molar-refractivity contribution in [2.24, 2.45) is 0 Å². The summed E-state index contributed by atoms with van der Waals surface area (Å²) in [5.41, 5.74) is 1.46. The van der Waals surface area contributed by atoms with Crippen LogP contribution in [-0.2, 0) is 5.41 Å². The zero-order valence-electron chi connectivity index (χ0n) is 7.05. The normalized spacial score (nSPS) is 19.2. The second kappa shape index (κ2) is 2.70. The highest BCUT2D eigenvalue weighted by Crippen LogP contribution is 2.50. The third kappa shape index (κ3) is 1.20. The highest BCUT2D eigenvalue weighted by Gasteiger charge is 2.43. The van der Waals surface area contributed by atoms with Crippen molar-refractivity contribution in [1.29, 1.82) is 0 Å². The number of rotatable bonds is 2. The van der Waals surface area contributed by atoms with Crippen molar-refractivity contribution in [2.75, 3.05) is 0 Å². The first-order chi connectivity index (χ1) is 5.77. The topological polar surface area (TPSA) is 25.8 Å². The molecule has 2 nitrogen and oxygen atoms in total. The van der Waals surface area contributed by atoms with Gasteiger partial charge in [0.25, 0.3) is 0 Å². The van der Waals surface area contributed by atoms with E-state index < -0.39 is 0 Å². The summed E-state index contributed by atoms with van der Waals surface area (Å²) in [4.78, 5) is 8.12. The molecule has 64 valence electrons. The Morgan fingerprint density at radius 1 is 1.50 bits per heavy atom. The Morgan fingerprint density at radius 3 is 2.75 bits per heavy atom. The summed E-state index contributed by atoms with van der Waals surface area (Å²) in [6, 6.07) is 1.89. The molecular weight excluding hydrogens is 172 g/mol. The summed E-state index contributed by atoms with van der Waals surface area (Å²) in [6.45, 7) is 2.20. The van der Waals surface area contributed by atoms with E-state index in [4.69, 9.17) is 11.6 Å². The largest absolute Gasteiger partial charge is 0.241 e. The summed E-state index contributed by atoms with van der Waals surface area (Å²) < 4.78 is 0. The van der Waals surface area contributed by atoms with E-state index in [-0.39, 0.29) is 0 Å². The van der Waals surface area contributed by atoms with Gasteiger partial charge < -0.3 is 0 Å². The van der Waals surface area contributed by atoms with Gasteiger partial charge in [-0.3, -0.25) is 0 Å². The number of nitrogens with zero attached hydrogens (tertiary/aromatic N) is 2. The van der Waals surface area contributed by atoms with Crippen LogP contribution in [0.15, 0.2) is 12.4 Å². The van der Waals surface area contributed by atoms with Crippen LogP contribution in [0.3, 0.4) is 0 Å². The van der Waals surface area contributed by atoms with Crippen molar-refractivity contribution in [3.8, 4) is 0 Å². The van der Waals surface area contributed by atoms with Gasteiger partial charge in [0.1, 0.15) is 11.5 Å². The lowest BCUT2D eigenvalue weighted by atomic mass is 9.99. The van der Waals surface area contributed by atoms with Gasteiger partial charge in [0.05, 0.1) is 5.69 Å². The average Bonchev–Trinajstić information content (AvgIpc) is 2.84. The maximum atomic E-state index is 5.78. The van der Waals surface area contributed by atoms with Crippen LogP contribution in [0, 0.1) is 0 Å². The molecule has 1 aliphatic rings. The van der Waals surface area contributed by atoms with E-state index in [1.54, 1.807) is 6.33 Å². The minimum atomic E-state index is 0.340. The monoisotopic (exact) mass is 182 g/mol. The van der Waals surface area contributed by atoms with E-state index in [9.17, 15) is 0 Å². The van der Waals surface area contributed by atoms with E-state index >= 15 is 0 Å². The molecule has 0 aromatic carbocycles. The van der Waals surface area contributed by atoms with Crippen LogP contribution >= 0.6 is 11.6 Å². The van der Waals surface area contributed by atoms with Gasteiger partial charge in [-0.25, -0.2) is 9.97 Å². The average molecular weight is 183 g/mol. The van der Waals surface area contributed by atoms with E-state index in [2.05, 4.69) is 16.9 Å². The summed E-state index contributed by atoms with van der Waals surface area (Å²) in [5, 5.41) is 0.555. The highest BCUT2D eigenvalue weighted by molar-refractivity contribution is 6.29. The standard InChI is InChI=1S/C9H11ClN2/c1-2-9(3-4-9)7-5-8(10)12-6-11-7/h5-6H,2-4H2,1H3. The zero-order valence-corrected chi connectivity index (χ0v) is 7.80. The predicted molar refractivity (Wildman–Crippen MR) is 48.2 cm³/mol. The molecule has 3 heteroatoms. The summed E-state index contributed by atoms with van der Waals surface area (Å²) in [6.07, 6.45) is 5.20. The quantitative estimate of drug-likeness (QED) is 0.657. The molecular formula is C9H11ClN2. The van der Waals surface area contributed by atoms with E-state index in [1.165, 1.54) is 12.8 Å². The Morgan fingerprint density at radius 2 is 2.25 bits per heavy atom. The van der Waals surface area contributed by atoms with Crippen LogP contribution in [0.4, 0.5) is 0 Å². The van der Waals surface area contributed by atoms with Gasteiger partial charge in [0.15, 0.2) is 0 Å². The Kier molecular flexibility index (Phi) is 1.80. The summed E-state index contributed by atoms with van der Waals surface area (Å²) in [5.74, 6) is 0. The SMILES string of the molecule is CCC1(c2cc(Cl)ncn2)CC1. The van der Waals surface area contributed by atoms with Crippen molar-refractivity contribution in [3.63, 3.8) is 0 Å². The maximum Gasteiger partial charge on any atom is 0.132 e. The van der Waals surface area contributed by atoms with Gasteiger partial charge in [0.2, 0.25) is 0 Å². The minimum Gasteiger partial charge on any atom is -0.241 e. The molecule has 1 aromatic rings. The van der Waals surface area contributed by atoms with Crippen LogP contribution in [0.25, 0.3) is 0 Å². The number of halogens is 1.